The fourth-order valence-corrected chi connectivity index (χ4v) is 1.88. The third-order valence-corrected chi connectivity index (χ3v) is 3.26. The highest BCUT2D eigenvalue weighted by Gasteiger charge is 2.07. The summed E-state index contributed by atoms with van der Waals surface area (Å²) < 4.78 is 0. The maximum absolute atomic E-state index is 11.8. The third-order valence-electron chi connectivity index (χ3n) is 2.92. The Balaban J connectivity index is 2.31. The van der Waals surface area contributed by atoms with Gasteiger partial charge in [0.1, 0.15) is 0 Å². The van der Waals surface area contributed by atoms with Crippen LogP contribution < -0.4 is 16.4 Å². The van der Waals surface area contributed by atoms with Gasteiger partial charge in [0.05, 0.1) is 17.3 Å². The second-order valence-electron chi connectivity index (χ2n) is 4.80. The molecule has 0 fully saturated rings. The lowest BCUT2D eigenvalue weighted by atomic mass is 10.2. The van der Waals surface area contributed by atoms with Crippen LogP contribution in [0.2, 0.25) is 5.02 Å². The van der Waals surface area contributed by atoms with E-state index in [1.807, 2.05) is 11.9 Å². The summed E-state index contributed by atoms with van der Waals surface area (Å²) in [5, 5.41) is 5.78. The van der Waals surface area contributed by atoms with Crippen LogP contribution in [0.25, 0.3) is 0 Å². The molecule has 6 nitrogen and oxygen atoms in total. The summed E-state index contributed by atoms with van der Waals surface area (Å²) in [5.74, 6) is -0.136. The molecule has 1 aromatic carbocycles. The second-order valence-corrected chi connectivity index (χ2v) is 5.21. The highest BCUT2D eigenvalue weighted by atomic mass is 35.5. The minimum Gasteiger partial charge on any atom is -0.397 e. The van der Waals surface area contributed by atoms with Crippen LogP contribution in [0.4, 0.5) is 11.4 Å². The van der Waals surface area contributed by atoms with Crippen LogP contribution in [-0.4, -0.2) is 43.9 Å². The zero-order chi connectivity index (χ0) is 15.8. The highest BCUT2D eigenvalue weighted by Crippen LogP contribution is 2.22. The summed E-state index contributed by atoms with van der Waals surface area (Å²) in [6.07, 6.45) is 1.04. The van der Waals surface area contributed by atoms with E-state index in [-0.39, 0.29) is 11.8 Å². The largest absolute Gasteiger partial charge is 0.397 e. The number of nitrogen functional groups attached to an aromatic ring is 1. The SMILES string of the molecule is CNC(=O)CN(C)CCCC(=O)Nc1ccc(Cl)c(N)c1. The van der Waals surface area contributed by atoms with Gasteiger partial charge in [-0.15, -0.1) is 0 Å². The number of nitrogens with two attached hydrogens (primary N) is 1. The Labute approximate surface area is 129 Å². The van der Waals surface area contributed by atoms with Gasteiger partial charge in [-0.25, -0.2) is 0 Å². The van der Waals surface area contributed by atoms with Crippen LogP contribution >= 0.6 is 11.6 Å². The normalized spacial score (nSPS) is 10.5. The predicted molar refractivity (Wildman–Crippen MR) is 85.3 cm³/mol. The number of carbonyl (C=O) groups excluding carboxylic acids is 2. The molecule has 4 N–H and O–H groups in total. The van der Waals surface area contributed by atoms with Gasteiger partial charge in [0, 0.05) is 19.2 Å². The lowest BCUT2D eigenvalue weighted by molar-refractivity contribution is -0.121. The average Bonchev–Trinajstić information content (AvgIpc) is 2.42. The van der Waals surface area contributed by atoms with Crippen LogP contribution in [0.1, 0.15) is 12.8 Å². The van der Waals surface area contributed by atoms with Crippen LogP contribution in [0.5, 0.6) is 0 Å². The molecule has 7 heteroatoms. The van der Waals surface area contributed by atoms with Gasteiger partial charge in [-0.05, 0) is 38.2 Å². The first kappa shape index (κ1) is 17.3. The van der Waals surface area contributed by atoms with Gasteiger partial charge in [0.15, 0.2) is 0 Å². The van der Waals surface area contributed by atoms with Crippen molar-refractivity contribution in [3.05, 3.63) is 23.2 Å². The molecule has 0 spiro atoms. The summed E-state index contributed by atoms with van der Waals surface area (Å²) in [4.78, 5) is 24.8. The van der Waals surface area contributed by atoms with Gasteiger partial charge in [-0.2, -0.15) is 0 Å². The van der Waals surface area contributed by atoms with Gasteiger partial charge in [-0.1, -0.05) is 11.6 Å². The Morgan fingerprint density at radius 2 is 2.05 bits per heavy atom. The molecule has 1 rings (SSSR count). The van der Waals surface area contributed by atoms with Gasteiger partial charge in [0.2, 0.25) is 11.8 Å². The Bertz CT molecular complexity index is 508. The molecular weight excluding hydrogens is 292 g/mol. The summed E-state index contributed by atoms with van der Waals surface area (Å²) in [6, 6.07) is 4.97. The molecule has 0 saturated carbocycles. The number of likely N-dealkylation sites (N-methyl/N-ethyl adjacent to an activating group) is 2. The van der Waals surface area contributed by atoms with Crippen molar-refractivity contribution in [1.29, 1.82) is 0 Å². The molecule has 0 atom stereocenters. The predicted octanol–water partition coefficient (Wildman–Crippen LogP) is 1.32. The van der Waals surface area contributed by atoms with Gasteiger partial charge >= 0.3 is 0 Å². The van der Waals surface area contributed by atoms with Crippen molar-refractivity contribution < 1.29 is 9.59 Å². The monoisotopic (exact) mass is 312 g/mol. The number of nitrogens with one attached hydrogen (secondary N) is 2. The first-order chi connectivity index (χ1) is 9.92. The standard InChI is InChI=1S/C14H21ClN4O2/c1-17-14(21)9-19(2)7-3-4-13(20)18-10-5-6-11(15)12(16)8-10/h5-6,8H,3-4,7,9,16H2,1-2H3,(H,17,21)(H,18,20). The molecule has 0 unspecified atom stereocenters. The van der Waals surface area contributed by atoms with E-state index in [9.17, 15) is 9.59 Å². The van der Waals surface area contributed by atoms with Crippen molar-refractivity contribution in [3.8, 4) is 0 Å². The summed E-state index contributed by atoms with van der Waals surface area (Å²) >= 11 is 5.81. The fourth-order valence-electron chi connectivity index (χ4n) is 1.76. The Hall–Kier alpha value is -1.79. The maximum Gasteiger partial charge on any atom is 0.233 e. The lowest BCUT2D eigenvalue weighted by Crippen LogP contribution is -2.33. The number of hydrogen-bond donors (Lipinski definition) is 3. The summed E-state index contributed by atoms with van der Waals surface area (Å²) in [7, 11) is 3.44. The van der Waals surface area contributed by atoms with Gasteiger partial charge in [0.25, 0.3) is 0 Å². The number of anilines is 2. The molecule has 116 valence electrons. The Kier molecular flexibility index (Phi) is 6.98. The van der Waals surface area contributed by atoms with Crippen molar-refractivity contribution in [2.24, 2.45) is 0 Å². The molecule has 0 aliphatic carbocycles. The third kappa shape index (κ3) is 6.46. The zero-order valence-corrected chi connectivity index (χ0v) is 13.0. The number of amides is 2. The average molecular weight is 313 g/mol. The van der Waals surface area contributed by atoms with Crippen molar-refractivity contribution in [3.63, 3.8) is 0 Å². The molecule has 0 saturated heterocycles. The van der Waals surface area contributed by atoms with E-state index in [1.165, 1.54) is 0 Å². The zero-order valence-electron chi connectivity index (χ0n) is 12.3. The smallest absolute Gasteiger partial charge is 0.233 e. The van der Waals surface area contributed by atoms with Crippen LogP contribution in [0, 0.1) is 0 Å². The van der Waals surface area contributed by atoms with E-state index in [2.05, 4.69) is 10.6 Å². The van der Waals surface area contributed by atoms with E-state index < -0.39 is 0 Å². The Morgan fingerprint density at radius 3 is 2.67 bits per heavy atom. The van der Waals surface area contributed by atoms with Gasteiger partial charge in [-0.3, -0.25) is 14.5 Å². The maximum atomic E-state index is 11.8. The number of hydrogen-bond acceptors (Lipinski definition) is 4. The van der Waals surface area contributed by atoms with E-state index >= 15 is 0 Å². The van der Waals surface area contributed by atoms with E-state index in [0.717, 1.165) is 0 Å². The fraction of sp³-hybridized carbons (Fsp3) is 0.429. The van der Waals surface area contributed by atoms with Crippen molar-refractivity contribution in [1.82, 2.24) is 10.2 Å². The Morgan fingerprint density at radius 1 is 1.33 bits per heavy atom. The van der Waals surface area contributed by atoms with E-state index in [1.54, 1.807) is 25.2 Å². The molecule has 0 heterocycles. The number of rotatable bonds is 7. The molecular formula is C14H21ClN4O2. The van der Waals surface area contributed by atoms with Gasteiger partial charge < -0.3 is 16.4 Å². The molecule has 2 amide bonds. The summed E-state index contributed by atoms with van der Waals surface area (Å²) in [5.41, 5.74) is 6.72. The number of nitrogens with zero attached hydrogens (tertiary/aromatic N) is 1. The van der Waals surface area contributed by atoms with Crippen LogP contribution in [0.15, 0.2) is 18.2 Å². The molecule has 0 aromatic heterocycles. The quantitative estimate of drug-likeness (QED) is 0.663. The summed E-state index contributed by atoms with van der Waals surface area (Å²) in [6.45, 7) is 0.995. The molecule has 1 aromatic rings. The van der Waals surface area contributed by atoms with Crippen molar-refractivity contribution >= 4 is 34.8 Å². The number of halogens is 1. The van der Waals surface area contributed by atoms with Crippen LogP contribution in [-0.2, 0) is 9.59 Å². The minimum absolute atomic E-state index is 0.0430. The first-order valence-electron chi connectivity index (χ1n) is 6.66. The number of carbonyl (C=O) groups is 2. The molecule has 0 aliphatic rings. The second kappa shape index (κ2) is 8.49. The van der Waals surface area contributed by atoms with Crippen molar-refractivity contribution in [2.75, 3.05) is 38.2 Å². The lowest BCUT2D eigenvalue weighted by Gasteiger charge is -2.15. The molecule has 0 aliphatic heterocycles. The molecule has 21 heavy (non-hydrogen) atoms. The number of benzene rings is 1. The van der Waals surface area contributed by atoms with Crippen molar-refractivity contribution in [2.45, 2.75) is 12.8 Å². The van der Waals surface area contributed by atoms with E-state index in [4.69, 9.17) is 17.3 Å². The minimum atomic E-state index is -0.0925. The molecule has 0 radical (unpaired) electrons. The first-order valence-corrected chi connectivity index (χ1v) is 7.04. The molecule has 0 bridgehead atoms. The highest BCUT2D eigenvalue weighted by molar-refractivity contribution is 6.33. The topological polar surface area (TPSA) is 87.5 Å². The van der Waals surface area contributed by atoms with E-state index in [0.29, 0.717) is 42.3 Å². The van der Waals surface area contributed by atoms with Crippen LogP contribution in [0.3, 0.4) is 0 Å².